The molecule has 2 nitrogen and oxygen atoms in total. The number of hydrogen-bond donors (Lipinski definition) is 0. The van der Waals surface area contributed by atoms with Gasteiger partial charge in [-0.3, -0.25) is 4.79 Å². The van der Waals surface area contributed by atoms with E-state index < -0.39 is 0 Å². The van der Waals surface area contributed by atoms with E-state index >= 15 is 0 Å². The van der Waals surface area contributed by atoms with Gasteiger partial charge >= 0.3 is 0 Å². The highest BCUT2D eigenvalue weighted by molar-refractivity contribution is 5.80. The Morgan fingerprint density at radius 3 is 2.92 bits per heavy atom. The van der Waals surface area contributed by atoms with E-state index in [1.807, 2.05) is 0 Å². The highest BCUT2D eigenvalue weighted by atomic mass is 19.1. The Balaban J connectivity index is 2.42. The predicted molar refractivity (Wildman–Crippen MR) is 46.6 cm³/mol. The summed E-state index contributed by atoms with van der Waals surface area (Å²) in [5.41, 5.74) is 1.87. The highest BCUT2D eigenvalue weighted by Crippen LogP contribution is 2.19. The molecule has 0 saturated heterocycles. The van der Waals surface area contributed by atoms with Crippen molar-refractivity contribution in [3.05, 3.63) is 35.1 Å². The van der Waals surface area contributed by atoms with Gasteiger partial charge in [-0.1, -0.05) is 6.07 Å². The van der Waals surface area contributed by atoms with Crippen molar-refractivity contribution >= 4 is 5.91 Å². The van der Waals surface area contributed by atoms with E-state index in [1.54, 1.807) is 18.0 Å². The topological polar surface area (TPSA) is 20.3 Å². The van der Waals surface area contributed by atoms with Crippen LogP contribution in [0.15, 0.2) is 18.2 Å². The number of hydrogen-bond acceptors (Lipinski definition) is 1. The van der Waals surface area contributed by atoms with Gasteiger partial charge in [0.1, 0.15) is 5.82 Å². The summed E-state index contributed by atoms with van der Waals surface area (Å²) in [6.45, 7) is 0.592. The second-order valence-corrected chi connectivity index (χ2v) is 3.34. The number of nitrogens with zero attached hydrogens (tertiary/aromatic N) is 1. The molecule has 0 unspecified atom stereocenters. The van der Waals surface area contributed by atoms with Crippen molar-refractivity contribution in [3.63, 3.8) is 0 Å². The maximum Gasteiger partial charge on any atom is 0.227 e. The Morgan fingerprint density at radius 1 is 1.38 bits per heavy atom. The van der Waals surface area contributed by atoms with Crippen LogP contribution in [0, 0.1) is 5.82 Å². The van der Waals surface area contributed by atoms with Crippen molar-refractivity contribution in [2.75, 3.05) is 7.05 Å². The molecule has 2 rings (SSSR count). The van der Waals surface area contributed by atoms with Gasteiger partial charge in [0.15, 0.2) is 0 Å². The van der Waals surface area contributed by atoms with Crippen LogP contribution in [-0.2, 0) is 17.8 Å². The number of fused-ring (bicyclic) bond motifs is 1. The molecule has 1 amide bonds. The molecule has 0 fully saturated rings. The minimum Gasteiger partial charge on any atom is -0.341 e. The quantitative estimate of drug-likeness (QED) is 0.588. The first-order valence-electron chi connectivity index (χ1n) is 4.18. The molecule has 1 heterocycles. The molecule has 68 valence electrons. The molecular formula is C10H10FNO. The number of benzene rings is 1. The second-order valence-electron chi connectivity index (χ2n) is 3.34. The third kappa shape index (κ3) is 1.41. The van der Waals surface area contributed by atoms with E-state index in [2.05, 4.69) is 0 Å². The van der Waals surface area contributed by atoms with Crippen LogP contribution in [0.4, 0.5) is 4.39 Å². The molecule has 1 aliphatic rings. The zero-order valence-electron chi connectivity index (χ0n) is 7.38. The third-order valence-electron chi connectivity index (χ3n) is 2.34. The number of likely N-dealkylation sites (N-methyl/N-ethyl adjacent to an activating group) is 1. The van der Waals surface area contributed by atoms with Crippen LogP contribution in [0.3, 0.4) is 0 Å². The molecule has 1 aliphatic heterocycles. The first-order chi connectivity index (χ1) is 6.16. The average Bonchev–Trinajstić information content (AvgIpc) is 2.08. The van der Waals surface area contributed by atoms with Crippen molar-refractivity contribution in [2.24, 2.45) is 0 Å². The lowest BCUT2D eigenvalue weighted by molar-refractivity contribution is -0.130. The Bertz CT molecular complexity index is 362. The van der Waals surface area contributed by atoms with E-state index in [1.165, 1.54) is 12.1 Å². The molecule has 0 aliphatic carbocycles. The van der Waals surface area contributed by atoms with Crippen LogP contribution in [0.1, 0.15) is 11.1 Å². The number of rotatable bonds is 0. The summed E-state index contributed by atoms with van der Waals surface area (Å²) in [7, 11) is 1.76. The van der Waals surface area contributed by atoms with Crippen LogP contribution >= 0.6 is 0 Å². The van der Waals surface area contributed by atoms with Gasteiger partial charge in [-0.15, -0.1) is 0 Å². The summed E-state index contributed by atoms with van der Waals surface area (Å²) in [5.74, 6) is -0.214. The van der Waals surface area contributed by atoms with E-state index in [-0.39, 0.29) is 11.7 Å². The first kappa shape index (κ1) is 8.23. The standard InChI is InChI=1S/C10H10FNO/c1-12-6-7-2-3-9(11)4-8(7)5-10(12)13/h2-4H,5-6H2,1H3. The highest BCUT2D eigenvalue weighted by Gasteiger charge is 2.19. The van der Waals surface area contributed by atoms with Crippen molar-refractivity contribution in [1.29, 1.82) is 0 Å². The van der Waals surface area contributed by atoms with Crippen molar-refractivity contribution < 1.29 is 9.18 Å². The average molecular weight is 179 g/mol. The summed E-state index contributed by atoms with van der Waals surface area (Å²) in [5, 5.41) is 0. The third-order valence-corrected chi connectivity index (χ3v) is 2.34. The van der Waals surface area contributed by atoms with Gasteiger partial charge in [-0.05, 0) is 23.3 Å². The fourth-order valence-corrected chi connectivity index (χ4v) is 1.55. The predicted octanol–water partition coefficient (Wildman–Crippen LogP) is 1.34. The van der Waals surface area contributed by atoms with Gasteiger partial charge in [0.05, 0.1) is 6.42 Å². The molecule has 0 radical (unpaired) electrons. The van der Waals surface area contributed by atoms with E-state index in [0.717, 1.165) is 11.1 Å². The molecule has 1 aromatic rings. The minimum absolute atomic E-state index is 0.0538. The van der Waals surface area contributed by atoms with Gasteiger partial charge in [0.2, 0.25) is 5.91 Å². The molecule has 0 atom stereocenters. The zero-order valence-corrected chi connectivity index (χ0v) is 7.38. The second kappa shape index (κ2) is 2.83. The molecule has 1 aromatic carbocycles. The number of carbonyl (C=O) groups excluding carboxylic acids is 1. The fraction of sp³-hybridized carbons (Fsp3) is 0.300. The van der Waals surface area contributed by atoms with Gasteiger partial charge in [-0.2, -0.15) is 0 Å². The SMILES string of the molecule is CN1Cc2ccc(F)cc2CC1=O. The van der Waals surface area contributed by atoms with E-state index in [0.29, 0.717) is 13.0 Å². The Morgan fingerprint density at radius 2 is 2.15 bits per heavy atom. The zero-order chi connectivity index (χ0) is 9.42. The molecule has 0 bridgehead atoms. The Kier molecular flexibility index (Phi) is 1.79. The van der Waals surface area contributed by atoms with Crippen molar-refractivity contribution in [2.45, 2.75) is 13.0 Å². The summed E-state index contributed by atoms with van der Waals surface area (Å²) in [6.07, 6.45) is 0.323. The molecule has 0 saturated carbocycles. The van der Waals surface area contributed by atoms with Gasteiger partial charge < -0.3 is 4.90 Å². The number of carbonyl (C=O) groups is 1. The lowest BCUT2D eigenvalue weighted by Crippen LogP contribution is -2.32. The molecule has 0 N–H and O–H groups in total. The molecule has 0 spiro atoms. The number of amides is 1. The van der Waals surface area contributed by atoms with Crippen LogP contribution in [-0.4, -0.2) is 17.9 Å². The molecule has 3 heteroatoms. The summed E-state index contributed by atoms with van der Waals surface area (Å²) in [4.78, 5) is 12.9. The summed E-state index contributed by atoms with van der Waals surface area (Å²) in [6, 6.07) is 4.62. The van der Waals surface area contributed by atoms with Gasteiger partial charge in [0.25, 0.3) is 0 Å². The lowest BCUT2D eigenvalue weighted by atomic mass is 10.00. The number of halogens is 1. The Hall–Kier alpha value is -1.38. The van der Waals surface area contributed by atoms with Gasteiger partial charge in [-0.25, -0.2) is 4.39 Å². The fourth-order valence-electron chi connectivity index (χ4n) is 1.55. The smallest absolute Gasteiger partial charge is 0.227 e. The van der Waals surface area contributed by atoms with Crippen LogP contribution in [0.5, 0.6) is 0 Å². The van der Waals surface area contributed by atoms with Gasteiger partial charge in [0, 0.05) is 13.6 Å². The van der Waals surface area contributed by atoms with E-state index in [4.69, 9.17) is 0 Å². The van der Waals surface area contributed by atoms with Crippen molar-refractivity contribution in [3.8, 4) is 0 Å². The van der Waals surface area contributed by atoms with Crippen molar-refractivity contribution in [1.82, 2.24) is 4.90 Å². The molecule has 13 heavy (non-hydrogen) atoms. The maximum atomic E-state index is 12.8. The molecular weight excluding hydrogens is 169 g/mol. The normalized spacial score (nSPS) is 15.8. The maximum absolute atomic E-state index is 12.8. The van der Waals surface area contributed by atoms with Crippen LogP contribution in [0.25, 0.3) is 0 Å². The first-order valence-corrected chi connectivity index (χ1v) is 4.18. The lowest BCUT2D eigenvalue weighted by Gasteiger charge is -2.24. The minimum atomic E-state index is -0.267. The van der Waals surface area contributed by atoms with Crippen LogP contribution in [0.2, 0.25) is 0 Å². The summed E-state index contributed by atoms with van der Waals surface area (Å²) < 4.78 is 12.8. The summed E-state index contributed by atoms with van der Waals surface area (Å²) >= 11 is 0. The van der Waals surface area contributed by atoms with Crippen LogP contribution < -0.4 is 0 Å². The molecule has 0 aromatic heterocycles. The largest absolute Gasteiger partial charge is 0.341 e. The monoisotopic (exact) mass is 179 g/mol. The Labute approximate surface area is 76.0 Å². The van der Waals surface area contributed by atoms with E-state index in [9.17, 15) is 9.18 Å².